The zero-order valence-electron chi connectivity index (χ0n) is 15.7. The number of esters is 1. The van der Waals surface area contributed by atoms with Crippen LogP contribution in [0.4, 0.5) is 0 Å². The molecule has 2 rings (SSSR count). The molecule has 0 aromatic heterocycles. The SMILES string of the molecule is CCCOC(=O)CC1C(=O)NCCN1C(=O)CNCCC1=CCCCC1. The van der Waals surface area contributed by atoms with Crippen LogP contribution in [-0.4, -0.2) is 61.5 Å². The van der Waals surface area contributed by atoms with Gasteiger partial charge < -0.3 is 20.3 Å². The second-order valence-electron chi connectivity index (χ2n) is 6.85. The summed E-state index contributed by atoms with van der Waals surface area (Å²) >= 11 is 0. The van der Waals surface area contributed by atoms with E-state index in [1.54, 1.807) is 0 Å². The molecule has 1 aliphatic carbocycles. The fourth-order valence-electron chi connectivity index (χ4n) is 3.33. The maximum Gasteiger partial charge on any atom is 0.308 e. The Morgan fingerprint density at radius 1 is 1.38 bits per heavy atom. The Morgan fingerprint density at radius 2 is 2.23 bits per heavy atom. The Kier molecular flexibility index (Phi) is 8.61. The van der Waals surface area contributed by atoms with E-state index in [4.69, 9.17) is 4.74 Å². The molecule has 1 aliphatic heterocycles. The molecule has 1 atom stereocenters. The molecule has 7 heteroatoms. The highest BCUT2D eigenvalue weighted by Gasteiger charge is 2.34. The minimum atomic E-state index is -0.775. The van der Waals surface area contributed by atoms with Crippen LogP contribution in [0.15, 0.2) is 11.6 Å². The zero-order chi connectivity index (χ0) is 18.8. The fourth-order valence-corrected chi connectivity index (χ4v) is 3.33. The largest absolute Gasteiger partial charge is 0.466 e. The van der Waals surface area contributed by atoms with Gasteiger partial charge in [0, 0.05) is 13.1 Å². The van der Waals surface area contributed by atoms with Crippen LogP contribution in [0, 0.1) is 0 Å². The van der Waals surface area contributed by atoms with Crippen LogP contribution in [0.25, 0.3) is 0 Å². The molecule has 2 amide bonds. The number of nitrogens with zero attached hydrogens (tertiary/aromatic N) is 1. The number of amides is 2. The van der Waals surface area contributed by atoms with Crippen molar-refractivity contribution in [2.45, 2.75) is 57.9 Å². The van der Waals surface area contributed by atoms with Crippen LogP contribution >= 0.6 is 0 Å². The van der Waals surface area contributed by atoms with Gasteiger partial charge in [-0.3, -0.25) is 14.4 Å². The van der Waals surface area contributed by atoms with Crippen molar-refractivity contribution in [1.82, 2.24) is 15.5 Å². The van der Waals surface area contributed by atoms with E-state index in [1.807, 2.05) is 6.92 Å². The van der Waals surface area contributed by atoms with E-state index in [0.29, 0.717) is 19.7 Å². The Balaban J connectivity index is 1.78. The Morgan fingerprint density at radius 3 is 2.96 bits per heavy atom. The standard InChI is InChI=1S/C19H31N3O4/c1-2-12-26-18(24)13-16-19(25)21-10-11-22(16)17(23)14-20-9-8-15-6-4-3-5-7-15/h6,16,20H,2-5,7-14H2,1H3,(H,21,25). The highest BCUT2D eigenvalue weighted by Crippen LogP contribution is 2.19. The van der Waals surface area contributed by atoms with Gasteiger partial charge in [-0.15, -0.1) is 0 Å². The predicted octanol–water partition coefficient (Wildman–Crippen LogP) is 1.14. The average Bonchev–Trinajstić information content (AvgIpc) is 2.66. The molecule has 0 saturated carbocycles. The van der Waals surface area contributed by atoms with Crippen LogP contribution in [-0.2, 0) is 19.1 Å². The number of allylic oxidation sites excluding steroid dienone is 1. The third-order valence-electron chi connectivity index (χ3n) is 4.76. The lowest BCUT2D eigenvalue weighted by molar-refractivity contribution is -0.151. The Hall–Kier alpha value is -1.89. The quantitative estimate of drug-likeness (QED) is 0.363. The van der Waals surface area contributed by atoms with Crippen LogP contribution in [0.2, 0.25) is 0 Å². The van der Waals surface area contributed by atoms with Crippen molar-refractivity contribution in [3.8, 4) is 0 Å². The molecule has 7 nitrogen and oxygen atoms in total. The van der Waals surface area contributed by atoms with Crippen molar-refractivity contribution in [2.75, 3.05) is 32.8 Å². The van der Waals surface area contributed by atoms with Gasteiger partial charge in [0.2, 0.25) is 11.8 Å². The number of carbonyl (C=O) groups excluding carboxylic acids is 3. The summed E-state index contributed by atoms with van der Waals surface area (Å²) in [6.07, 6.45) is 8.74. The Bertz CT molecular complexity index is 533. The van der Waals surface area contributed by atoms with Gasteiger partial charge in [-0.25, -0.2) is 0 Å². The molecule has 0 aromatic carbocycles. The smallest absolute Gasteiger partial charge is 0.308 e. The lowest BCUT2D eigenvalue weighted by Gasteiger charge is -2.34. The summed E-state index contributed by atoms with van der Waals surface area (Å²) < 4.78 is 5.06. The van der Waals surface area contributed by atoms with Crippen molar-refractivity contribution < 1.29 is 19.1 Å². The van der Waals surface area contributed by atoms with E-state index in [-0.39, 0.29) is 24.8 Å². The van der Waals surface area contributed by atoms with Gasteiger partial charge in [0.1, 0.15) is 6.04 Å². The van der Waals surface area contributed by atoms with Crippen LogP contribution in [0.1, 0.15) is 51.9 Å². The number of hydrogen-bond donors (Lipinski definition) is 2. The van der Waals surface area contributed by atoms with Crippen molar-refractivity contribution in [2.24, 2.45) is 0 Å². The highest BCUT2D eigenvalue weighted by atomic mass is 16.5. The maximum atomic E-state index is 12.5. The number of hydrogen-bond acceptors (Lipinski definition) is 5. The third kappa shape index (κ3) is 6.44. The van der Waals surface area contributed by atoms with E-state index in [1.165, 1.54) is 23.3 Å². The first kappa shape index (κ1) is 20.4. The second kappa shape index (κ2) is 11.0. The summed E-state index contributed by atoms with van der Waals surface area (Å²) in [5.41, 5.74) is 1.46. The molecule has 1 fully saturated rings. The molecule has 26 heavy (non-hydrogen) atoms. The molecule has 146 valence electrons. The number of piperazine rings is 1. The van der Waals surface area contributed by atoms with Gasteiger partial charge >= 0.3 is 5.97 Å². The monoisotopic (exact) mass is 365 g/mol. The molecule has 1 saturated heterocycles. The minimum Gasteiger partial charge on any atom is -0.466 e. The van der Waals surface area contributed by atoms with Gasteiger partial charge in [-0.1, -0.05) is 18.6 Å². The van der Waals surface area contributed by atoms with Gasteiger partial charge in [-0.05, 0) is 45.1 Å². The summed E-state index contributed by atoms with van der Waals surface area (Å²) in [5.74, 6) is -0.875. The van der Waals surface area contributed by atoms with Crippen molar-refractivity contribution in [3.63, 3.8) is 0 Å². The van der Waals surface area contributed by atoms with Gasteiger partial charge in [-0.2, -0.15) is 0 Å². The lowest BCUT2D eigenvalue weighted by atomic mass is 9.97. The molecule has 0 radical (unpaired) electrons. The summed E-state index contributed by atoms with van der Waals surface area (Å²) in [6.45, 7) is 4.01. The number of carbonyl (C=O) groups is 3. The van der Waals surface area contributed by atoms with Crippen molar-refractivity contribution in [1.29, 1.82) is 0 Å². The second-order valence-corrected chi connectivity index (χ2v) is 6.85. The molecule has 2 aliphatic rings. The minimum absolute atomic E-state index is 0.0928. The van der Waals surface area contributed by atoms with E-state index >= 15 is 0 Å². The summed E-state index contributed by atoms with van der Waals surface area (Å²) in [6, 6.07) is -0.775. The van der Waals surface area contributed by atoms with Gasteiger partial charge in [0.15, 0.2) is 0 Å². The molecular formula is C19H31N3O4. The van der Waals surface area contributed by atoms with E-state index in [0.717, 1.165) is 32.2 Å². The molecule has 0 aromatic rings. The predicted molar refractivity (Wildman–Crippen MR) is 98.4 cm³/mol. The highest BCUT2D eigenvalue weighted by molar-refractivity contribution is 5.92. The van der Waals surface area contributed by atoms with Crippen LogP contribution in [0.5, 0.6) is 0 Å². The molecule has 1 heterocycles. The first-order chi connectivity index (χ1) is 12.6. The Labute approximate surface area is 155 Å². The maximum absolute atomic E-state index is 12.5. The number of ether oxygens (including phenoxy) is 1. The van der Waals surface area contributed by atoms with Crippen LogP contribution in [0.3, 0.4) is 0 Å². The van der Waals surface area contributed by atoms with E-state index in [9.17, 15) is 14.4 Å². The normalized spacial score (nSPS) is 20.3. The van der Waals surface area contributed by atoms with E-state index in [2.05, 4.69) is 16.7 Å². The lowest BCUT2D eigenvalue weighted by Crippen LogP contribution is -2.59. The summed E-state index contributed by atoms with van der Waals surface area (Å²) in [7, 11) is 0. The molecular weight excluding hydrogens is 334 g/mol. The van der Waals surface area contributed by atoms with Gasteiger partial charge in [0.05, 0.1) is 19.6 Å². The third-order valence-corrected chi connectivity index (χ3v) is 4.76. The van der Waals surface area contributed by atoms with Gasteiger partial charge in [0.25, 0.3) is 0 Å². The number of nitrogens with one attached hydrogen (secondary N) is 2. The van der Waals surface area contributed by atoms with Crippen molar-refractivity contribution in [3.05, 3.63) is 11.6 Å². The molecule has 2 N–H and O–H groups in total. The topological polar surface area (TPSA) is 87.7 Å². The molecule has 0 spiro atoms. The van der Waals surface area contributed by atoms with Crippen molar-refractivity contribution >= 4 is 17.8 Å². The van der Waals surface area contributed by atoms with Crippen LogP contribution < -0.4 is 10.6 Å². The first-order valence-corrected chi connectivity index (χ1v) is 9.73. The van der Waals surface area contributed by atoms with E-state index < -0.39 is 12.0 Å². The summed E-state index contributed by atoms with van der Waals surface area (Å²) in [5, 5.41) is 5.89. The fraction of sp³-hybridized carbons (Fsp3) is 0.737. The first-order valence-electron chi connectivity index (χ1n) is 9.73. The zero-order valence-corrected chi connectivity index (χ0v) is 15.7. The molecule has 1 unspecified atom stereocenters. The molecule has 0 bridgehead atoms. The number of rotatable bonds is 9. The average molecular weight is 365 g/mol. The summed E-state index contributed by atoms with van der Waals surface area (Å²) in [4.78, 5) is 38.0.